The molecular weight excluding hydrogens is 745 g/mol. The van der Waals surface area contributed by atoms with Crippen molar-refractivity contribution in [2.24, 2.45) is 0 Å². The quantitative estimate of drug-likeness (QED) is 0.143. The lowest BCUT2D eigenvalue weighted by atomic mass is 9.97. The Balaban J connectivity index is -0.000000165. The Morgan fingerprint density at radius 3 is 0.661 bits per heavy atom. The van der Waals surface area contributed by atoms with Crippen molar-refractivity contribution in [1.82, 2.24) is 0 Å². The van der Waals surface area contributed by atoms with Crippen LogP contribution in [-0.4, -0.2) is 0 Å². The molecule has 0 atom stereocenters. The molecule has 0 unspecified atom stereocenters. The molecule has 0 nitrogen and oxygen atoms in total. The summed E-state index contributed by atoms with van der Waals surface area (Å²) in [6, 6.07) is 40.7. The predicted octanol–water partition coefficient (Wildman–Crippen LogP) is 21.4. The van der Waals surface area contributed by atoms with Gasteiger partial charge < -0.3 is 0 Å². The van der Waals surface area contributed by atoms with Gasteiger partial charge in [0.2, 0.25) is 0 Å². The fourth-order valence-electron chi connectivity index (χ4n) is 7.68. The Bertz CT molecular complexity index is 1870. The van der Waals surface area contributed by atoms with Gasteiger partial charge >= 0.3 is 0 Å². The van der Waals surface area contributed by atoms with Crippen LogP contribution in [0.1, 0.15) is 194 Å². The highest BCUT2D eigenvalue weighted by molar-refractivity contribution is 5.80. The van der Waals surface area contributed by atoms with E-state index in [9.17, 15) is 0 Å². The Hall–Kier alpha value is -4.68. The Kier molecular flexibility index (Phi) is 36.7. The maximum atomic E-state index is 2.33. The topological polar surface area (TPSA) is 0 Å². The molecule has 9 rings (SSSR count). The van der Waals surface area contributed by atoms with Gasteiger partial charge in [0.05, 0.1) is 0 Å². The van der Waals surface area contributed by atoms with Crippen LogP contribution in [-0.2, 0) is 12.8 Å². The molecule has 0 heterocycles. The zero-order valence-electron chi connectivity index (χ0n) is 36.4. The minimum Gasteiger partial charge on any atom is -0.0776 e. The molecule has 0 N–H and O–H groups in total. The number of fused-ring (bicyclic) bond motifs is 9. The zero-order chi connectivity index (χ0) is 40.1. The van der Waals surface area contributed by atoms with Gasteiger partial charge in [-0.05, 0) is 121 Å². The molecule has 0 radical (unpaired) electrons. The van der Waals surface area contributed by atoms with Crippen molar-refractivity contribution in [2.45, 2.75) is 182 Å². The fourth-order valence-corrected chi connectivity index (χ4v) is 7.68. The summed E-state index contributed by atoms with van der Waals surface area (Å²) in [6.45, 7) is 31.3. The van der Waals surface area contributed by atoms with E-state index >= 15 is 0 Å². The summed E-state index contributed by atoms with van der Waals surface area (Å²) >= 11 is 0. The molecule has 0 spiro atoms. The van der Waals surface area contributed by atoms with E-state index in [2.05, 4.69) is 158 Å². The Morgan fingerprint density at radius 2 is 0.452 bits per heavy atom. The van der Waals surface area contributed by atoms with Gasteiger partial charge in [0.25, 0.3) is 0 Å². The predicted molar refractivity (Wildman–Crippen MR) is 296 cm³/mol. The second kappa shape index (κ2) is 33.0. The molecule has 0 fully saturated rings. The fraction of sp³-hybridized carbons (Fsp3) is 0.419. The molecule has 0 saturated heterocycles. The largest absolute Gasteiger partial charge is 0.0776 e. The van der Waals surface area contributed by atoms with Crippen LogP contribution in [0.15, 0.2) is 109 Å². The van der Waals surface area contributed by atoms with E-state index in [0.29, 0.717) is 5.92 Å². The minimum absolute atomic E-state index is 0. The molecule has 3 aliphatic carbocycles. The van der Waals surface area contributed by atoms with Crippen molar-refractivity contribution < 1.29 is 0 Å². The van der Waals surface area contributed by atoms with Crippen molar-refractivity contribution in [3.63, 3.8) is 0 Å². The van der Waals surface area contributed by atoms with E-state index in [0.717, 1.165) is 12.8 Å². The lowest BCUT2D eigenvalue weighted by Gasteiger charge is -2.07. The van der Waals surface area contributed by atoms with Gasteiger partial charge in [0.1, 0.15) is 0 Å². The average Bonchev–Trinajstić information content (AvgIpc) is 3.82. The molecule has 6 aromatic carbocycles. The highest BCUT2D eigenvalue weighted by Crippen LogP contribution is 2.45. The summed E-state index contributed by atoms with van der Waals surface area (Å²) in [4.78, 5) is 0. The van der Waals surface area contributed by atoms with E-state index in [1.807, 2.05) is 55.4 Å². The van der Waals surface area contributed by atoms with Crippen molar-refractivity contribution >= 4 is 0 Å². The van der Waals surface area contributed by atoms with Crippen LogP contribution in [0.25, 0.3) is 33.4 Å². The Labute approximate surface area is 389 Å². The van der Waals surface area contributed by atoms with Gasteiger partial charge in [-0.1, -0.05) is 264 Å². The molecule has 62 heavy (non-hydrogen) atoms. The van der Waals surface area contributed by atoms with E-state index in [1.54, 1.807) is 0 Å². The van der Waals surface area contributed by atoms with Gasteiger partial charge in [-0.3, -0.25) is 0 Å². The van der Waals surface area contributed by atoms with Crippen LogP contribution >= 0.6 is 0 Å². The summed E-state index contributed by atoms with van der Waals surface area (Å²) in [5.41, 5.74) is 25.6. The molecular formula is C62H100. The third-order valence-electron chi connectivity index (χ3n) is 10.0. The molecule has 0 aliphatic heterocycles. The molecule has 3 aliphatic rings. The molecule has 0 bridgehead atoms. The van der Waals surface area contributed by atoms with E-state index in [1.165, 1.54) is 100 Å². The number of benzene rings is 6. The number of hydrogen-bond acceptors (Lipinski definition) is 0. The van der Waals surface area contributed by atoms with Gasteiger partial charge in [0, 0.05) is 5.92 Å². The minimum atomic E-state index is 0. The molecule has 0 amide bonds. The highest BCUT2D eigenvalue weighted by Gasteiger charge is 2.25. The first kappa shape index (κ1) is 69.0. The smallest absolute Gasteiger partial charge is 0.00735 e. The van der Waals surface area contributed by atoms with Crippen LogP contribution in [0.5, 0.6) is 0 Å². The molecule has 0 heteroatoms. The Morgan fingerprint density at radius 1 is 0.274 bits per heavy atom. The van der Waals surface area contributed by atoms with E-state index in [-0.39, 0.29) is 59.4 Å². The maximum absolute atomic E-state index is 2.33. The average molecular weight is 845 g/mol. The van der Waals surface area contributed by atoms with Crippen LogP contribution in [0.3, 0.4) is 0 Å². The molecule has 6 aromatic rings. The number of rotatable bonds is 0. The van der Waals surface area contributed by atoms with Crippen LogP contribution in [0, 0.1) is 41.5 Å². The highest BCUT2D eigenvalue weighted by atomic mass is 14.3. The van der Waals surface area contributed by atoms with Gasteiger partial charge in [0.15, 0.2) is 0 Å². The van der Waals surface area contributed by atoms with Crippen molar-refractivity contribution in [3.8, 4) is 33.4 Å². The second-order valence-corrected chi connectivity index (χ2v) is 13.9. The lowest BCUT2D eigenvalue weighted by Crippen LogP contribution is -1.90. The van der Waals surface area contributed by atoms with Gasteiger partial charge in [-0.15, -0.1) is 0 Å². The molecule has 0 aromatic heterocycles. The van der Waals surface area contributed by atoms with Crippen LogP contribution in [0.2, 0.25) is 0 Å². The summed E-state index contributed by atoms with van der Waals surface area (Å²) < 4.78 is 0. The van der Waals surface area contributed by atoms with Crippen LogP contribution < -0.4 is 0 Å². The zero-order valence-corrected chi connectivity index (χ0v) is 36.4. The first-order chi connectivity index (χ1) is 26.1. The first-order valence-corrected chi connectivity index (χ1v) is 20.7. The number of aryl methyl sites for hydroxylation is 6. The summed E-state index contributed by atoms with van der Waals surface area (Å²) in [5.74, 6) is 0.546. The normalized spacial score (nSPS) is 9.92. The third kappa shape index (κ3) is 15.9. The standard InChI is InChI=1S/C16H16.2C15H14.4C2H6.8CH4/c1-10-4-6-13-14-7-5-11(2)9-16(14)12(3)15(13)8-10;2*1-10-3-5-14-12(7-10)9-13-8-11(2)4-6-15(13)14;4*1-2;;;;;;;;/h4-9,12H,1-3H3;2*3-8H,9H2,1-2H3;4*1-2H3;8*1H4. The summed E-state index contributed by atoms with van der Waals surface area (Å²) in [5, 5.41) is 0. The van der Waals surface area contributed by atoms with Crippen molar-refractivity contribution in [1.29, 1.82) is 0 Å². The third-order valence-corrected chi connectivity index (χ3v) is 10.0. The number of hydrogen-bond donors (Lipinski definition) is 0. The van der Waals surface area contributed by atoms with Crippen molar-refractivity contribution in [2.75, 3.05) is 0 Å². The van der Waals surface area contributed by atoms with Gasteiger partial charge in [-0.2, -0.15) is 0 Å². The molecule has 348 valence electrons. The van der Waals surface area contributed by atoms with Gasteiger partial charge in [-0.25, -0.2) is 0 Å². The van der Waals surface area contributed by atoms with Crippen molar-refractivity contribution in [3.05, 3.63) is 176 Å². The molecule has 0 saturated carbocycles. The van der Waals surface area contributed by atoms with Crippen LogP contribution in [0.4, 0.5) is 0 Å². The monoisotopic (exact) mass is 845 g/mol. The summed E-state index contributed by atoms with van der Waals surface area (Å²) in [6.07, 6.45) is 2.21. The second-order valence-electron chi connectivity index (χ2n) is 13.9. The summed E-state index contributed by atoms with van der Waals surface area (Å²) in [7, 11) is 0. The first-order valence-electron chi connectivity index (χ1n) is 20.7. The van der Waals surface area contributed by atoms with E-state index in [4.69, 9.17) is 0 Å². The SMILES string of the molecule is C.C.C.C.C.C.C.C.CC.CC.CC.CC.Cc1ccc2c(c1)C(C)c1cc(C)ccc1-2.Cc1ccc2c(c1)Cc1cc(C)ccc1-2.Cc1ccc2c(c1)Cc1cc(C)ccc1-2. The maximum Gasteiger partial charge on any atom is 0.00735 e. The lowest BCUT2D eigenvalue weighted by molar-refractivity contribution is 0.952. The van der Waals surface area contributed by atoms with E-state index < -0.39 is 0 Å².